The van der Waals surface area contributed by atoms with Crippen LogP contribution in [-0.2, 0) is 0 Å². The lowest BCUT2D eigenvalue weighted by molar-refractivity contribution is -0.0973. The molecule has 3 aliphatic rings. The fourth-order valence-corrected chi connectivity index (χ4v) is 4.20. The van der Waals surface area contributed by atoms with Crippen molar-refractivity contribution < 1.29 is 0 Å². The van der Waals surface area contributed by atoms with Crippen molar-refractivity contribution in [2.75, 3.05) is 12.0 Å². The van der Waals surface area contributed by atoms with Gasteiger partial charge in [0.05, 0.1) is 0 Å². The van der Waals surface area contributed by atoms with Crippen molar-refractivity contribution in [1.82, 2.24) is 0 Å². The number of fused-ring (bicyclic) bond motifs is 2. The second-order valence-electron chi connectivity index (χ2n) is 5.15. The van der Waals surface area contributed by atoms with Crippen molar-refractivity contribution in [3.8, 4) is 0 Å². The molecular formula is C11H20S. The van der Waals surface area contributed by atoms with Gasteiger partial charge in [-0.25, -0.2) is 0 Å². The van der Waals surface area contributed by atoms with Crippen LogP contribution in [0.2, 0.25) is 0 Å². The third kappa shape index (κ3) is 1.13. The molecule has 0 heterocycles. The van der Waals surface area contributed by atoms with Gasteiger partial charge < -0.3 is 0 Å². The van der Waals surface area contributed by atoms with E-state index < -0.39 is 0 Å². The van der Waals surface area contributed by atoms with Gasteiger partial charge in [-0.3, -0.25) is 0 Å². The number of hydrogen-bond acceptors (Lipinski definition) is 1. The molecule has 3 fully saturated rings. The lowest BCUT2D eigenvalue weighted by Gasteiger charge is -2.60. The Kier molecular flexibility index (Phi) is 2.18. The average Bonchev–Trinajstić information content (AvgIpc) is 2.05. The zero-order valence-electron chi connectivity index (χ0n) is 8.47. The Hall–Kier alpha value is 0.350. The molecule has 0 unspecified atom stereocenters. The van der Waals surface area contributed by atoms with E-state index >= 15 is 0 Å². The minimum Gasteiger partial charge on any atom is -0.165 e. The Morgan fingerprint density at radius 1 is 1.33 bits per heavy atom. The molecule has 0 aliphatic heterocycles. The second kappa shape index (κ2) is 2.94. The highest BCUT2D eigenvalue weighted by atomic mass is 32.2. The fraction of sp³-hybridized carbons (Fsp3) is 1.00. The first kappa shape index (κ1) is 8.93. The maximum Gasteiger partial charge on any atom is -0.00391 e. The molecule has 0 aromatic carbocycles. The Bertz CT molecular complexity index is 170. The summed E-state index contributed by atoms with van der Waals surface area (Å²) in [5.74, 6) is 4.57. The lowest BCUT2D eigenvalue weighted by Crippen LogP contribution is -2.52. The van der Waals surface area contributed by atoms with Gasteiger partial charge in [0.2, 0.25) is 0 Å². The first-order chi connectivity index (χ1) is 5.66. The number of hydrogen-bond donors (Lipinski definition) is 0. The Morgan fingerprint density at radius 3 is 2.58 bits per heavy atom. The van der Waals surface area contributed by atoms with Crippen molar-refractivity contribution in [3.05, 3.63) is 0 Å². The van der Waals surface area contributed by atoms with Crippen molar-refractivity contribution in [1.29, 1.82) is 0 Å². The first-order valence-corrected chi connectivity index (χ1v) is 6.54. The first-order valence-electron chi connectivity index (χ1n) is 5.15. The molecule has 0 spiro atoms. The maximum absolute atomic E-state index is 2.48. The van der Waals surface area contributed by atoms with Crippen molar-refractivity contribution in [2.45, 2.75) is 33.1 Å². The van der Waals surface area contributed by atoms with E-state index in [1.165, 1.54) is 25.0 Å². The van der Waals surface area contributed by atoms with Crippen LogP contribution >= 0.6 is 11.8 Å². The summed E-state index contributed by atoms with van der Waals surface area (Å²) in [6.07, 6.45) is 6.81. The third-order valence-corrected chi connectivity index (χ3v) is 5.14. The van der Waals surface area contributed by atoms with Crippen LogP contribution in [0, 0.1) is 23.2 Å². The molecule has 1 heteroatoms. The molecule has 3 aliphatic carbocycles. The standard InChI is InChI=1S/C11H20S/c1-11(2)9-5-4-8(7-12-3)10(11)6-9/h8-10H,4-7H2,1-3H3/t8-,9+,10-/m1/s1. The van der Waals surface area contributed by atoms with Crippen LogP contribution in [0.25, 0.3) is 0 Å². The van der Waals surface area contributed by atoms with Crippen LogP contribution in [0.1, 0.15) is 33.1 Å². The number of thioether (sulfide) groups is 1. The van der Waals surface area contributed by atoms with E-state index in [0.29, 0.717) is 5.41 Å². The van der Waals surface area contributed by atoms with Gasteiger partial charge in [0, 0.05) is 0 Å². The summed E-state index contributed by atoms with van der Waals surface area (Å²) in [7, 11) is 0. The minimum atomic E-state index is 0.693. The van der Waals surface area contributed by atoms with Gasteiger partial charge >= 0.3 is 0 Å². The molecule has 0 nitrogen and oxygen atoms in total. The third-order valence-electron chi connectivity index (χ3n) is 4.38. The summed E-state index contributed by atoms with van der Waals surface area (Å²) in [5, 5.41) is 0. The van der Waals surface area contributed by atoms with Crippen LogP contribution in [0.5, 0.6) is 0 Å². The molecule has 2 bridgehead atoms. The minimum absolute atomic E-state index is 0.693. The van der Waals surface area contributed by atoms with E-state index in [0.717, 1.165) is 17.8 Å². The van der Waals surface area contributed by atoms with E-state index in [4.69, 9.17) is 0 Å². The quantitative estimate of drug-likeness (QED) is 0.633. The van der Waals surface area contributed by atoms with Gasteiger partial charge in [-0.15, -0.1) is 0 Å². The summed E-state index contributed by atoms with van der Waals surface area (Å²) in [4.78, 5) is 0. The van der Waals surface area contributed by atoms with Crippen LogP contribution < -0.4 is 0 Å². The normalized spacial score (nSPS) is 43.8. The summed E-state index contributed by atoms with van der Waals surface area (Å²) in [6.45, 7) is 4.97. The maximum atomic E-state index is 2.48. The predicted molar refractivity (Wildman–Crippen MR) is 56.5 cm³/mol. The van der Waals surface area contributed by atoms with Crippen LogP contribution in [-0.4, -0.2) is 12.0 Å². The van der Waals surface area contributed by atoms with Crippen molar-refractivity contribution >= 4 is 11.8 Å². The Balaban J connectivity index is 2.01. The molecule has 0 aromatic rings. The Labute approximate surface area is 80.5 Å². The largest absolute Gasteiger partial charge is 0.165 e. The molecule has 3 rings (SSSR count). The molecule has 0 aromatic heterocycles. The van der Waals surface area contributed by atoms with Crippen molar-refractivity contribution in [3.63, 3.8) is 0 Å². The molecule has 0 radical (unpaired) electrons. The van der Waals surface area contributed by atoms with Gasteiger partial charge in [-0.05, 0) is 54.4 Å². The van der Waals surface area contributed by atoms with E-state index in [1.807, 2.05) is 11.8 Å². The van der Waals surface area contributed by atoms with E-state index in [-0.39, 0.29) is 0 Å². The highest BCUT2D eigenvalue weighted by Crippen LogP contribution is 2.61. The van der Waals surface area contributed by atoms with Crippen LogP contribution in [0.4, 0.5) is 0 Å². The molecule has 0 saturated heterocycles. The highest BCUT2D eigenvalue weighted by molar-refractivity contribution is 7.98. The Morgan fingerprint density at radius 2 is 2.08 bits per heavy atom. The number of rotatable bonds is 2. The fourth-order valence-electron chi connectivity index (χ4n) is 3.38. The molecule has 0 amide bonds. The van der Waals surface area contributed by atoms with E-state index in [1.54, 1.807) is 0 Å². The molecular weight excluding hydrogens is 164 g/mol. The molecule has 70 valence electrons. The summed E-state index contributed by atoms with van der Waals surface area (Å²) in [6, 6.07) is 0. The SMILES string of the molecule is CSC[C@H]1CC[C@H]2C[C@H]1C2(C)C. The van der Waals surface area contributed by atoms with E-state index in [2.05, 4.69) is 20.1 Å². The average molecular weight is 184 g/mol. The van der Waals surface area contributed by atoms with E-state index in [9.17, 15) is 0 Å². The van der Waals surface area contributed by atoms with Crippen molar-refractivity contribution in [2.24, 2.45) is 23.2 Å². The summed E-state index contributed by atoms with van der Waals surface area (Å²) in [5.41, 5.74) is 0.693. The topological polar surface area (TPSA) is 0 Å². The lowest BCUT2D eigenvalue weighted by atomic mass is 9.46. The molecule has 12 heavy (non-hydrogen) atoms. The highest BCUT2D eigenvalue weighted by Gasteiger charge is 2.53. The second-order valence-corrected chi connectivity index (χ2v) is 6.06. The summed E-state index contributed by atoms with van der Waals surface area (Å²) < 4.78 is 0. The monoisotopic (exact) mass is 184 g/mol. The zero-order valence-corrected chi connectivity index (χ0v) is 9.29. The molecule has 0 N–H and O–H groups in total. The van der Waals surface area contributed by atoms with Gasteiger partial charge in [0.15, 0.2) is 0 Å². The van der Waals surface area contributed by atoms with Crippen LogP contribution in [0.15, 0.2) is 0 Å². The van der Waals surface area contributed by atoms with Gasteiger partial charge in [0.25, 0.3) is 0 Å². The zero-order chi connectivity index (χ0) is 8.77. The van der Waals surface area contributed by atoms with Crippen LogP contribution in [0.3, 0.4) is 0 Å². The molecule has 3 saturated carbocycles. The van der Waals surface area contributed by atoms with Gasteiger partial charge in [-0.2, -0.15) is 11.8 Å². The van der Waals surface area contributed by atoms with Gasteiger partial charge in [-0.1, -0.05) is 13.8 Å². The van der Waals surface area contributed by atoms with Gasteiger partial charge in [0.1, 0.15) is 0 Å². The smallest absolute Gasteiger partial charge is 0.00391 e. The predicted octanol–water partition coefficient (Wildman–Crippen LogP) is 3.42. The molecule has 3 atom stereocenters. The summed E-state index contributed by atoms with van der Waals surface area (Å²) >= 11 is 2.04.